The minimum Gasteiger partial charge on any atom is -0.347 e. The summed E-state index contributed by atoms with van der Waals surface area (Å²) in [6.07, 6.45) is 3.54. The van der Waals surface area contributed by atoms with Crippen molar-refractivity contribution in [3.05, 3.63) is 88.8 Å². The fourth-order valence-electron chi connectivity index (χ4n) is 2.29. The predicted molar refractivity (Wildman–Crippen MR) is 92.5 cm³/mol. The maximum absolute atomic E-state index is 4.49. The number of hydrogen-bond acceptors (Lipinski definition) is 3. The first-order valence-corrected chi connectivity index (χ1v) is 7.91. The second-order valence-electron chi connectivity index (χ2n) is 5.02. The number of aromatic nitrogens is 2. The molecule has 0 atom stereocenters. The van der Waals surface area contributed by atoms with Gasteiger partial charge in [0.25, 0.3) is 0 Å². The normalized spacial score (nSPS) is 10.4. The lowest BCUT2D eigenvalue weighted by Crippen LogP contribution is -2.23. The van der Waals surface area contributed by atoms with Crippen LogP contribution in [0.2, 0.25) is 0 Å². The Morgan fingerprint density at radius 3 is 1.73 bits per heavy atom. The van der Waals surface area contributed by atoms with Gasteiger partial charge in [-0.05, 0) is 27.1 Å². The van der Waals surface area contributed by atoms with Crippen LogP contribution in [-0.2, 0) is 13.1 Å². The Morgan fingerprint density at radius 2 is 1.27 bits per heavy atom. The van der Waals surface area contributed by atoms with Crippen LogP contribution in [0.15, 0.2) is 77.7 Å². The van der Waals surface area contributed by atoms with Gasteiger partial charge >= 0.3 is 0 Å². The molecule has 0 bridgehead atoms. The molecular weight excluding hydrogens is 338 g/mol. The summed E-state index contributed by atoms with van der Waals surface area (Å²) in [4.78, 5) is 11.0. The average Bonchev–Trinajstić information content (AvgIpc) is 2.57. The van der Waals surface area contributed by atoms with Gasteiger partial charge in [0, 0.05) is 13.1 Å². The summed E-state index contributed by atoms with van der Waals surface area (Å²) in [6, 6.07) is 20.8. The molecule has 1 heterocycles. The molecule has 3 rings (SSSR count). The first kappa shape index (κ1) is 14.7. The van der Waals surface area contributed by atoms with Crippen LogP contribution in [-0.4, -0.2) is 9.97 Å². The molecule has 0 radical (unpaired) electrons. The SMILES string of the molecule is Brc1cnc(N(Cc2ccccc2)Cc2ccccc2)cn1. The third kappa shape index (κ3) is 3.92. The highest BCUT2D eigenvalue weighted by Crippen LogP contribution is 2.18. The number of anilines is 1. The molecule has 0 amide bonds. The summed E-state index contributed by atoms with van der Waals surface area (Å²) >= 11 is 3.34. The van der Waals surface area contributed by atoms with E-state index in [0.29, 0.717) is 0 Å². The molecular formula is C18H16BrN3. The molecule has 0 unspecified atom stereocenters. The van der Waals surface area contributed by atoms with Gasteiger partial charge in [0.15, 0.2) is 0 Å². The Labute approximate surface area is 138 Å². The molecule has 0 fully saturated rings. The van der Waals surface area contributed by atoms with E-state index in [9.17, 15) is 0 Å². The van der Waals surface area contributed by atoms with E-state index in [0.717, 1.165) is 23.5 Å². The van der Waals surface area contributed by atoms with Crippen LogP contribution in [0.1, 0.15) is 11.1 Å². The van der Waals surface area contributed by atoms with Crippen molar-refractivity contribution in [2.75, 3.05) is 4.90 Å². The monoisotopic (exact) mass is 353 g/mol. The minimum absolute atomic E-state index is 0.746. The first-order valence-electron chi connectivity index (χ1n) is 7.11. The van der Waals surface area contributed by atoms with Gasteiger partial charge in [0.05, 0.1) is 12.4 Å². The molecule has 0 N–H and O–H groups in total. The number of benzene rings is 2. The summed E-state index contributed by atoms with van der Waals surface area (Å²) in [7, 11) is 0. The second kappa shape index (κ2) is 7.18. The van der Waals surface area contributed by atoms with Crippen molar-refractivity contribution in [1.29, 1.82) is 0 Å². The molecule has 110 valence electrons. The topological polar surface area (TPSA) is 29.0 Å². The fraction of sp³-hybridized carbons (Fsp3) is 0.111. The molecule has 22 heavy (non-hydrogen) atoms. The van der Waals surface area contributed by atoms with Crippen molar-refractivity contribution >= 4 is 21.7 Å². The van der Waals surface area contributed by atoms with E-state index in [1.165, 1.54) is 11.1 Å². The van der Waals surface area contributed by atoms with Crippen LogP contribution < -0.4 is 4.90 Å². The van der Waals surface area contributed by atoms with Crippen LogP contribution >= 0.6 is 15.9 Å². The van der Waals surface area contributed by atoms with Crippen molar-refractivity contribution in [2.45, 2.75) is 13.1 Å². The van der Waals surface area contributed by atoms with Crippen molar-refractivity contribution in [3.63, 3.8) is 0 Å². The highest BCUT2D eigenvalue weighted by molar-refractivity contribution is 9.10. The van der Waals surface area contributed by atoms with Crippen molar-refractivity contribution in [1.82, 2.24) is 9.97 Å². The van der Waals surface area contributed by atoms with Crippen molar-refractivity contribution in [3.8, 4) is 0 Å². The largest absolute Gasteiger partial charge is 0.347 e. The Morgan fingerprint density at radius 1 is 0.727 bits per heavy atom. The fourth-order valence-corrected chi connectivity index (χ4v) is 2.50. The Kier molecular flexibility index (Phi) is 4.81. The zero-order chi connectivity index (χ0) is 15.2. The van der Waals surface area contributed by atoms with Gasteiger partial charge in [0.1, 0.15) is 10.4 Å². The maximum atomic E-state index is 4.49. The predicted octanol–water partition coefficient (Wildman–Crippen LogP) is 4.45. The van der Waals surface area contributed by atoms with Gasteiger partial charge in [-0.2, -0.15) is 0 Å². The van der Waals surface area contributed by atoms with Crippen molar-refractivity contribution < 1.29 is 0 Å². The average molecular weight is 354 g/mol. The maximum Gasteiger partial charge on any atom is 0.147 e. The van der Waals surface area contributed by atoms with E-state index in [4.69, 9.17) is 0 Å². The lowest BCUT2D eigenvalue weighted by Gasteiger charge is -2.23. The third-order valence-corrected chi connectivity index (χ3v) is 3.77. The standard InChI is InChI=1S/C18H16BrN3/c19-17-11-21-18(12-20-17)22(13-15-7-3-1-4-8-15)14-16-9-5-2-6-10-16/h1-12H,13-14H2. The zero-order valence-electron chi connectivity index (χ0n) is 12.1. The van der Waals surface area contributed by atoms with E-state index in [-0.39, 0.29) is 0 Å². The number of rotatable bonds is 5. The third-order valence-electron chi connectivity index (χ3n) is 3.36. The van der Waals surface area contributed by atoms with Gasteiger partial charge < -0.3 is 4.90 Å². The number of hydrogen-bond donors (Lipinski definition) is 0. The molecule has 0 aliphatic carbocycles. The molecule has 0 aliphatic heterocycles. The van der Waals surface area contributed by atoms with Crippen LogP contribution in [0.5, 0.6) is 0 Å². The minimum atomic E-state index is 0.746. The van der Waals surface area contributed by atoms with Crippen LogP contribution in [0.25, 0.3) is 0 Å². The van der Waals surface area contributed by atoms with E-state index >= 15 is 0 Å². The van der Waals surface area contributed by atoms with E-state index in [1.54, 1.807) is 12.4 Å². The summed E-state index contributed by atoms with van der Waals surface area (Å²) in [5.41, 5.74) is 2.51. The summed E-state index contributed by atoms with van der Waals surface area (Å²) in [5.74, 6) is 0.871. The molecule has 0 aliphatic rings. The lowest BCUT2D eigenvalue weighted by molar-refractivity contribution is 0.778. The quantitative estimate of drug-likeness (QED) is 0.678. The Balaban J connectivity index is 1.86. The molecule has 2 aromatic carbocycles. The molecule has 0 saturated heterocycles. The van der Waals surface area contributed by atoms with E-state index in [1.807, 2.05) is 12.1 Å². The highest BCUT2D eigenvalue weighted by atomic mass is 79.9. The smallest absolute Gasteiger partial charge is 0.147 e. The van der Waals surface area contributed by atoms with E-state index < -0.39 is 0 Å². The van der Waals surface area contributed by atoms with Gasteiger partial charge in [-0.15, -0.1) is 0 Å². The summed E-state index contributed by atoms with van der Waals surface area (Å²) in [5, 5.41) is 0. The highest BCUT2D eigenvalue weighted by Gasteiger charge is 2.10. The van der Waals surface area contributed by atoms with Crippen LogP contribution in [0, 0.1) is 0 Å². The van der Waals surface area contributed by atoms with E-state index in [2.05, 4.69) is 79.3 Å². The Hall–Kier alpha value is -2.20. The summed E-state index contributed by atoms with van der Waals surface area (Å²) in [6.45, 7) is 1.60. The number of nitrogens with zero attached hydrogens (tertiary/aromatic N) is 3. The van der Waals surface area contributed by atoms with Crippen LogP contribution in [0.3, 0.4) is 0 Å². The molecule has 3 aromatic rings. The zero-order valence-corrected chi connectivity index (χ0v) is 13.6. The van der Waals surface area contributed by atoms with Gasteiger partial charge in [0.2, 0.25) is 0 Å². The van der Waals surface area contributed by atoms with Crippen molar-refractivity contribution in [2.24, 2.45) is 0 Å². The molecule has 4 heteroatoms. The Bertz CT molecular complexity index is 658. The van der Waals surface area contributed by atoms with Crippen LogP contribution in [0.4, 0.5) is 5.82 Å². The van der Waals surface area contributed by atoms with Gasteiger partial charge in [-0.3, -0.25) is 0 Å². The van der Waals surface area contributed by atoms with Gasteiger partial charge in [-0.25, -0.2) is 9.97 Å². The molecule has 0 spiro atoms. The van der Waals surface area contributed by atoms with Gasteiger partial charge in [-0.1, -0.05) is 60.7 Å². The lowest BCUT2D eigenvalue weighted by atomic mass is 10.1. The second-order valence-corrected chi connectivity index (χ2v) is 5.84. The molecule has 0 saturated carbocycles. The number of halogens is 1. The molecule has 3 nitrogen and oxygen atoms in total. The first-order chi connectivity index (χ1) is 10.8. The summed E-state index contributed by atoms with van der Waals surface area (Å²) < 4.78 is 0.746. The molecule has 1 aromatic heterocycles.